The van der Waals surface area contributed by atoms with E-state index in [0.717, 1.165) is 15.7 Å². The highest BCUT2D eigenvalue weighted by Crippen LogP contribution is 2.20. The summed E-state index contributed by atoms with van der Waals surface area (Å²) in [4.78, 5) is 0. The van der Waals surface area contributed by atoms with Gasteiger partial charge in [0.1, 0.15) is 11.8 Å². The van der Waals surface area contributed by atoms with Crippen LogP contribution in [-0.4, -0.2) is 7.11 Å². The van der Waals surface area contributed by atoms with Crippen molar-refractivity contribution in [2.24, 2.45) is 0 Å². The fourth-order valence-corrected chi connectivity index (χ4v) is 2.15. The highest BCUT2D eigenvalue weighted by molar-refractivity contribution is 9.10. The number of hydrogen-bond donors (Lipinski definition) is 1. The predicted octanol–water partition coefficient (Wildman–Crippen LogP) is 3.94. The lowest BCUT2D eigenvalue weighted by molar-refractivity contribution is 0.413. The number of hydrogen-bond acceptors (Lipinski definition) is 3. The van der Waals surface area contributed by atoms with Gasteiger partial charge in [0.2, 0.25) is 0 Å². The van der Waals surface area contributed by atoms with Gasteiger partial charge in [0.25, 0.3) is 0 Å². The third kappa shape index (κ3) is 3.49. The molecule has 0 aliphatic rings. The Bertz CT molecular complexity index is 620. The highest BCUT2D eigenvalue weighted by Gasteiger charge is 2.03. The van der Waals surface area contributed by atoms with E-state index in [1.54, 1.807) is 7.11 Å². The van der Waals surface area contributed by atoms with Crippen LogP contribution >= 0.6 is 15.9 Å². The Hall–Kier alpha value is -1.99. The number of methoxy groups -OCH3 is 1. The van der Waals surface area contributed by atoms with Crippen LogP contribution in [0.1, 0.15) is 11.1 Å². The van der Waals surface area contributed by atoms with Crippen molar-refractivity contribution in [3.8, 4) is 11.8 Å². The van der Waals surface area contributed by atoms with Crippen molar-refractivity contribution < 1.29 is 4.74 Å². The molecule has 0 fully saturated rings. The third-order valence-corrected chi connectivity index (χ3v) is 3.20. The molecule has 0 saturated carbocycles. The first kappa shape index (κ1) is 13.4. The Balaban J connectivity index is 2.10. The fraction of sp³-hybridized carbons (Fsp3) is 0.133. The molecule has 0 saturated heterocycles. The number of rotatable bonds is 4. The average molecular weight is 317 g/mol. The predicted molar refractivity (Wildman–Crippen MR) is 79.2 cm³/mol. The maximum atomic E-state index is 9.04. The number of nitriles is 1. The van der Waals surface area contributed by atoms with Crippen LogP contribution in [-0.2, 0) is 6.54 Å². The summed E-state index contributed by atoms with van der Waals surface area (Å²) in [6, 6.07) is 15.7. The van der Waals surface area contributed by atoms with Crippen molar-refractivity contribution >= 4 is 21.6 Å². The van der Waals surface area contributed by atoms with Gasteiger partial charge >= 0.3 is 0 Å². The number of nitrogens with one attached hydrogen (secondary N) is 1. The van der Waals surface area contributed by atoms with E-state index in [1.807, 2.05) is 42.5 Å². The third-order valence-electron chi connectivity index (χ3n) is 2.71. The molecule has 0 spiro atoms. The van der Waals surface area contributed by atoms with Crippen LogP contribution in [0.3, 0.4) is 0 Å². The quantitative estimate of drug-likeness (QED) is 0.929. The van der Waals surface area contributed by atoms with Gasteiger partial charge in [0, 0.05) is 16.7 Å². The standard InChI is InChI=1S/C15H13BrN2O/c1-19-15-6-5-11(7-12(15)9-17)10-18-14-4-2-3-13(16)8-14/h2-8,18H,10H2,1H3. The van der Waals surface area contributed by atoms with Crippen molar-refractivity contribution in [1.82, 2.24) is 0 Å². The van der Waals surface area contributed by atoms with Crippen LogP contribution in [0.15, 0.2) is 46.9 Å². The number of nitrogens with zero attached hydrogens (tertiary/aromatic N) is 1. The van der Waals surface area contributed by atoms with Crippen LogP contribution in [0, 0.1) is 11.3 Å². The molecular weight excluding hydrogens is 304 g/mol. The second kappa shape index (κ2) is 6.26. The summed E-state index contributed by atoms with van der Waals surface area (Å²) in [5.41, 5.74) is 2.62. The molecule has 1 N–H and O–H groups in total. The van der Waals surface area contributed by atoms with Crippen LogP contribution in [0.5, 0.6) is 5.75 Å². The number of ether oxygens (including phenoxy) is 1. The fourth-order valence-electron chi connectivity index (χ4n) is 1.76. The summed E-state index contributed by atoms with van der Waals surface area (Å²) in [6.45, 7) is 0.662. The molecule has 0 bridgehead atoms. The molecule has 0 radical (unpaired) electrons. The summed E-state index contributed by atoms with van der Waals surface area (Å²) in [6.07, 6.45) is 0. The van der Waals surface area contributed by atoms with E-state index in [4.69, 9.17) is 10.00 Å². The molecule has 2 rings (SSSR count). The van der Waals surface area contributed by atoms with Gasteiger partial charge in [-0.15, -0.1) is 0 Å². The maximum absolute atomic E-state index is 9.04. The van der Waals surface area contributed by atoms with Crippen LogP contribution in [0.4, 0.5) is 5.69 Å². The monoisotopic (exact) mass is 316 g/mol. The van der Waals surface area contributed by atoms with Gasteiger partial charge in [0.15, 0.2) is 0 Å². The topological polar surface area (TPSA) is 45.0 Å². The maximum Gasteiger partial charge on any atom is 0.136 e. The second-order valence-electron chi connectivity index (χ2n) is 4.01. The Morgan fingerprint density at radius 3 is 2.79 bits per heavy atom. The molecule has 0 aliphatic carbocycles. The molecular formula is C15H13BrN2O. The van der Waals surface area contributed by atoms with E-state index < -0.39 is 0 Å². The highest BCUT2D eigenvalue weighted by atomic mass is 79.9. The first-order valence-electron chi connectivity index (χ1n) is 5.79. The smallest absolute Gasteiger partial charge is 0.136 e. The van der Waals surface area contributed by atoms with E-state index in [-0.39, 0.29) is 0 Å². The van der Waals surface area contributed by atoms with Crippen LogP contribution in [0.2, 0.25) is 0 Å². The summed E-state index contributed by atoms with van der Waals surface area (Å²) >= 11 is 3.43. The van der Waals surface area contributed by atoms with E-state index in [9.17, 15) is 0 Å². The Kier molecular flexibility index (Phi) is 4.43. The molecule has 2 aromatic rings. The van der Waals surface area contributed by atoms with Gasteiger partial charge in [-0.3, -0.25) is 0 Å². The van der Waals surface area contributed by atoms with Gasteiger partial charge in [0.05, 0.1) is 12.7 Å². The zero-order valence-corrected chi connectivity index (χ0v) is 12.1. The molecule has 3 nitrogen and oxygen atoms in total. The molecule has 0 atom stereocenters. The number of benzene rings is 2. The van der Waals surface area contributed by atoms with Gasteiger partial charge in [-0.1, -0.05) is 28.1 Å². The van der Waals surface area contributed by atoms with E-state index in [0.29, 0.717) is 17.9 Å². The molecule has 0 aliphatic heterocycles. The zero-order chi connectivity index (χ0) is 13.7. The van der Waals surface area contributed by atoms with Gasteiger partial charge in [-0.05, 0) is 35.9 Å². The SMILES string of the molecule is COc1ccc(CNc2cccc(Br)c2)cc1C#N. The second-order valence-corrected chi connectivity index (χ2v) is 4.93. The zero-order valence-electron chi connectivity index (χ0n) is 10.5. The van der Waals surface area contributed by atoms with E-state index in [1.165, 1.54) is 0 Å². The number of halogens is 1. The molecule has 2 aromatic carbocycles. The van der Waals surface area contributed by atoms with Crippen molar-refractivity contribution in [3.05, 3.63) is 58.1 Å². The molecule has 19 heavy (non-hydrogen) atoms. The summed E-state index contributed by atoms with van der Waals surface area (Å²) < 4.78 is 6.15. The normalized spacial score (nSPS) is 9.74. The van der Waals surface area contributed by atoms with Crippen LogP contribution in [0.25, 0.3) is 0 Å². The Morgan fingerprint density at radius 1 is 1.26 bits per heavy atom. The summed E-state index contributed by atoms with van der Waals surface area (Å²) in [5.74, 6) is 0.605. The summed E-state index contributed by atoms with van der Waals surface area (Å²) in [5, 5.41) is 12.3. The van der Waals surface area contributed by atoms with Crippen molar-refractivity contribution in [2.75, 3.05) is 12.4 Å². The first-order chi connectivity index (χ1) is 9.22. The first-order valence-corrected chi connectivity index (χ1v) is 6.58. The van der Waals surface area contributed by atoms with Gasteiger partial charge < -0.3 is 10.1 Å². The van der Waals surface area contributed by atoms with Gasteiger partial charge in [-0.2, -0.15) is 5.26 Å². The lowest BCUT2D eigenvalue weighted by Gasteiger charge is -2.09. The van der Waals surface area contributed by atoms with Crippen molar-refractivity contribution in [3.63, 3.8) is 0 Å². The molecule has 4 heteroatoms. The largest absolute Gasteiger partial charge is 0.495 e. The minimum absolute atomic E-state index is 0.552. The van der Waals surface area contributed by atoms with Gasteiger partial charge in [-0.25, -0.2) is 0 Å². The average Bonchev–Trinajstić information content (AvgIpc) is 2.45. The van der Waals surface area contributed by atoms with E-state index in [2.05, 4.69) is 27.3 Å². The van der Waals surface area contributed by atoms with Crippen molar-refractivity contribution in [2.45, 2.75) is 6.54 Å². The lowest BCUT2D eigenvalue weighted by Crippen LogP contribution is -2.00. The van der Waals surface area contributed by atoms with Crippen molar-refractivity contribution in [1.29, 1.82) is 5.26 Å². The molecule has 96 valence electrons. The molecule has 0 amide bonds. The molecule has 0 unspecified atom stereocenters. The number of anilines is 1. The van der Waals surface area contributed by atoms with E-state index >= 15 is 0 Å². The molecule has 0 heterocycles. The Labute approximate surface area is 121 Å². The summed E-state index contributed by atoms with van der Waals surface area (Å²) in [7, 11) is 1.57. The minimum atomic E-state index is 0.552. The lowest BCUT2D eigenvalue weighted by atomic mass is 10.1. The minimum Gasteiger partial charge on any atom is -0.495 e. The molecule has 0 aromatic heterocycles. The van der Waals surface area contributed by atoms with Crippen LogP contribution < -0.4 is 10.1 Å². The Morgan fingerprint density at radius 2 is 2.11 bits per heavy atom.